The number of hydrogen-bond donors (Lipinski definition) is 0. The van der Waals surface area contributed by atoms with Crippen molar-refractivity contribution in [1.29, 1.82) is 0 Å². The number of ketones is 1. The monoisotopic (exact) mass is 441 g/mol. The molecule has 2 aromatic rings. The van der Waals surface area contributed by atoms with Crippen LogP contribution < -0.4 is 4.90 Å². The Morgan fingerprint density at radius 3 is 2.26 bits per heavy atom. The molecular weight excluding hydrogens is 414 g/mol. The second-order valence-corrected chi connectivity index (χ2v) is 10.8. The number of benzene rings is 2. The Morgan fingerprint density at radius 2 is 1.58 bits per heavy atom. The van der Waals surface area contributed by atoms with E-state index in [1.807, 2.05) is 6.07 Å². The van der Waals surface area contributed by atoms with Crippen molar-refractivity contribution >= 4 is 33.1 Å². The highest BCUT2D eigenvalue weighted by Gasteiger charge is 2.36. The van der Waals surface area contributed by atoms with Gasteiger partial charge in [0.15, 0.2) is 9.84 Å². The molecule has 2 amide bonds. The molecule has 0 fully saturated rings. The van der Waals surface area contributed by atoms with Crippen LogP contribution in [0.1, 0.15) is 65.8 Å². The average Bonchev–Trinajstić information content (AvgIpc) is 2.98. The van der Waals surface area contributed by atoms with Crippen LogP contribution in [0.5, 0.6) is 0 Å². The summed E-state index contributed by atoms with van der Waals surface area (Å²) in [6.07, 6.45) is 2.42. The molecule has 0 atom stereocenters. The van der Waals surface area contributed by atoms with Crippen molar-refractivity contribution in [2.45, 2.75) is 51.2 Å². The SMILES string of the molecule is CC(C)S(=O)(=O)CCCCCC(=O)Cc1ccc2c(c1)C(=O)N(c1ccccc1)C2=O. The number of Topliss-reactive ketones (excluding diaryl/α,β-unsaturated/α-hetero) is 1. The van der Waals surface area contributed by atoms with Crippen LogP contribution in [0.15, 0.2) is 48.5 Å². The van der Waals surface area contributed by atoms with Gasteiger partial charge in [0.2, 0.25) is 0 Å². The zero-order chi connectivity index (χ0) is 22.6. The molecule has 2 aromatic carbocycles. The van der Waals surface area contributed by atoms with E-state index in [9.17, 15) is 22.8 Å². The van der Waals surface area contributed by atoms with Crippen molar-refractivity contribution < 1.29 is 22.8 Å². The molecule has 0 unspecified atom stereocenters. The number of fused-ring (bicyclic) bond motifs is 1. The van der Waals surface area contributed by atoms with Crippen molar-refractivity contribution in [3.63, 3.8) is 0 Å². The van der Waals surface area contributed by atoms with Gasteiger partial charge < -0.3 is 0 Å². The van der Waals surface area contributed by atoms with Crippen LogP contribution in [0.4, 0.5) is 5.69 Å². The van der Waals surface area contributed by atoms with Crippen molar-refractivity contribution in [2.24, 2.45) is 0 Å². The summed E-state index contributed by atoms with van der Waals surface area (Å²) in [5.41, 5.74) is 1.88. The molecule has 0 saturated carbocycles. The molecule has 6 nitrogen and oxygen atoms in total. The molecule has 7 heteroatoms. The van der Waals surface area contributed by atoms with Crippen LogP contribution in [-0.4, -0.2) is 37.0 Å². The lowest BCUT2D eigenvalue weighted by Crippen LogP contribution is -2.29. The predicted molar refractivity (Wildman–Crippen MR) is 120 cm³/mol. The molecule has 0 saturated heterocycles. The van der Waals surface area contributed by atoms with E-state index >= 15 is 0 Å². The highest BCUT2D eigenvalue weighted by atomic mass is 32.2. The zero-order valence-corrected chi connectivity index (χ0v) is 18.7. The van der Waals surface area contributed by atoms with Gasteiger partial charge in [-0.05, 0) is 56.5 Å². The van der Waals surface area contributed by atoms with Gasteiger partial charge in [-0.2, -0.15) is 0 Å². The quantitative estimate of drug-likeness (QED) is 0.411. The van der Waals surface area contributed by atoms with E-state index in [0.29, 0.717) is 48.1 Å². The first-order valence-corrected chi connectivity index (χ1v) is 12.2. The fourth-order valence-corrected chi connectivity index (χ4v) is 4.64. The number of imide groups is 1. The number of carbonyl (C=O) groups excluding carboxylic acids is 3. The van der Waals surface area contributed by atoms with Crippen molar-refractivity contribution in [1.82, 2.24) is 0 Å². The Bertz CT molecular complexity index is 1090. The van der Waals surface area contributed by atoms with Gasteiger partial charge in [-0.15, -0.1) is 0 Å². The summed E-state index contributed by atoms with van der Waals surface area (Å²) < 4.78 is 23.6. The van der Waals surface area contributed by atoms with E-state index in [1.54, 1.807) is 56.3 Å². The standard InChI is InChI=1S/C24H27NO5S/c1-17(2)31(29,30)14-8-4-7-11-20(26)15-18-12-13-21-22(16-18)24(28)25(23(21)27)19-9-5-3-6-10-19/h3,5-6,9-10,12-13,16-17H,4,7-8,11,14-15H2,1-2H3. The van der Waals surface area contributed by atoms with Gasteiger partial charge in [-0.25, -0.2) is 13.3 Å². The summed E-state index contributed by atoms with van der Waals surface area (Å²) in [6.45, 7) is 3.35. The van der Waals surface area contributed by atoms with Gasteiger partial charge >= 0.3 is 0 Å². The fourth-order valence-electron chi connectivity index (χ4n) is 3.56. The minimum Gasteiger partial charge on any atom is -0.299 e. The first kappa shape index (κ1) is 22.9. The molecule has 3 rings (SSSR count). The van der Waals surface area contributed by atoms with Crippen LogP contribution >= 0.6 is 0 Å². The largest absolute Gasteiger partial charge is 0.299 e. The minimum atomic E-state index is -3.04. The van der Waals surface area contributed by atoms with Gasteiger partial charge in [-0.1, -0.05) is 30.7 Å². The fraction of sp³-hybridized carbons (Fsp3) is 0.375. The minimum absolute atomic E-state index is 0.0309. The molecule has 1 aliphatic heterocycles. The molecule has 0 N–H and O–H groups in total. The van der Waals surface area contributed by atoms with Gasteiger partial charge in [0.1, 0.15) is 5.78 Å². The third kappa shape index (κ3) is 5.28. The van der Waals surface area contributed by atoms with Gasteiger partial charge in [0.25, 0.3) is 11.8 Å². The lowest BCUT2D eigenvalue weighted by Gasteiger charge is -2.13. The lowest BCUT2D eigenvalue weighted by atomic mass is 10.00. The number of hydrogen-bond acceptors (Lipinski definition) is 5. The summed E-state index contributed by atoms with van der Waals surface area (Å²) in [5.74, 6) is -0.562. The van der Waals surface area contributed by atoms with Gasteiger partial charge in [0.05, 0.1) is 27.8 Å². The predicted octanol–water partition coefficient (Wildman–Crippen LogP) is 3.98. The molecule has 0 aliphatic carbocycles. The van der Waals surface area contributed by atoms with Crippen molar-refractivity contribution in [3.8, 4) is 0 Å². The highest BCUT2D eigenvalue weighted by molar-refractivity contribution is 7.91. The summed E-state index contributed by atoms with van der Waals surface area (Å²) >= 11 is 0. The molecule has 0 radical (unpaired) electrons. The van der Waals surface area contributed by atoms with E-state index in [1.165, 1.54) is 0 Å². The molecule has 0 aromatic heterocycles. The van der Waals surface area contributed by atoms with Gasteiger partial charge in [0, 0.05) is 12.8 Å². The maximum absolute atomic E-state index is 12.8. The number of sulfone groups is 1. The maximum atomic E-state index is 12.8. The number of carbonyl (C=O) groups is 3. The van der Waals surface area contributed by atoms with Crippen LogP contribution in [0.25, 0.3) is 0 Å². The van der Waals surface area contributed by atoms with Crippen LogP contribution in [0, 0.1) is 0 Å². The molecule has 0 bridgehead atoms. The number of nitrogens with zero attached hydrogens (tertiary/aromatic N) is 1. The summed E-state index contributed by atoms with van der Waals surface area (Å²) in [7, 11) is -3.04. The first-order chi connectivity index (χ1) is 14.7. The van der Waals surface area contributed by atoms with E-state index < -0.39 is 9.84 Å². The molecule has 31 heavy (non-hydrogen) atoms. The van der Waals surface area contributed by atoms with E-state index in [4.69, 9.17) is 0 Å². The summed E-state index contributed by atoms with van der Waals surface area (Å²) in [4.78, 5) is 38.9. The van der Waals surface area contributed by atoms with Gasteiger partial charge in [-0.3, -0.25) is 14.4 Å². The summed E-state index contributed by atoms with van der Waals surface area (Å²) in [5, 5.41) is -0.374. The summed E-state index contributed by atoms with van der Waals surface area (Å²) in [6, 6.07) is 13.7. The number of anilines is 1. The van der Waals surface area contributed by atoms with E-state index in [-0.39, 0.29) is 35.0 Å². The Balaban J connectivity index is 1.56. The van der Waals surface area contributed by atoms with Crippen LogP contribution in [0.2, 0.25) is 0 Å². The molecule has 1 heterocycles. The smallest absolute Gasteiger partial charge is 0.266 e. The Kier molecular flexibility index (Phi) is 7.05. The second kappa shape index (κ2) is 9.56. The molecule has 0 spiro atoms. The third-order valence-corrected chi connectivity index (χ3v) is 7.76. The normalized spacial score (nSPS) is 13.7. The van der Waals surface area contributed by atoms with E-state index in [0.717, 1.165) is 4.90 Å². The zero-order valence-electron chi connectivity index (χ0n) is 17.8. The van der Waals surface area contributed by atoms with Crippen LogP contribution in [-0.2, 0) is 21.1 Å². The Labute approximate surface area is 183 Å². The lowest BCUT2D eigenvalue weighted by molar-refractivity contribution is -0.118. The average molecular weight is 442 g/mol. The van der Waals surface area contributed by atoms with Crippen molar-refractivity contribution in [2.75, 3.05) is 10.7 Å². The number of amides is 2. The number of unbranched alkanes of at least 4 members (excludes halogenated alkanes) is 2. The Morgan fingerprint density at radius 1 is 0.903 bits per heavy atom. The third-order valence-electron chi connectivity index (χ3n) is 5.47. The van der Waals surface area contributed by atoms with E-state index in [2.05, 4.69) is 0 Å². The first-order valence-electron chi connectivity index (χ1n) is 10.5. The second-order valence-electron chi connectivity index (χ2n) is 8.10. The molecular formula is C24H27NO5S. The maximum Gasteiger partial charge on any atom is 0.266 e. The molecule has 164 valence electrons. The number of para-hydroxylation sites is 1. The number of rotatable bonds is 10. The molecule has 1 aliphatic rings. The Hall–Kier alpha value is -2.80. The highest BCUT2D eigenvalue weighted by Crippen LogP contribution is 2.29. The van der Waals surface area contributed by atoms with Crippen LogP contribution in [0.3, 0.4) is 0 Å². The van der Waals surface area contributed by atoms with Crippen molar-refractivity contribution in [3.05, 3.63) is 65.2 Å². The topological polar surface area (TPSA) is 88.6 Å².